The summed E-state index contributed by atoms with van der Waals surface area (Å²) in [6.45, 7) is 0.969. The zero-order valence-electron chi connectivity index (χ0n) is 21.5. The third kappa shape index (κ3) is 5.74. The molecular weight excluding hydrogens is 548 g/mol. The maximum Gasteiger partial charge on any atom is 0.229 e. The standard InChI is InChI=1S/C27H30O14/c1-10-20(31)22(33)24(35)26(38-10)37-9-18-21(32)23(34)25(36)27(41-18)39-13-6-14(29)19-15(30)8-16(40-17(19)7-13)11-2-4-12(28)5-3-11/h2-8,10,18,20-29,31-36H,9H2,1H3/t10?,18?,20-,21+,22?,23?,24?,25?,26+,27+/m0/s1. The van der Waals surface area contributed by atoms with E-state index in [9.17, 15) is 45.6 Å². The summed E-state index contributed by atoms with van der Waals surface area (Å²) in [6, 6.07) is 9.40. The smallest absolute Gasteiger partial charge is 0.229 e. The van der Waals surface area contributed by atoms with Crippen molar-refractivity contribution in [3.8, 4) is 28.6 Å². The van der Waals surface area contributed by atoms with Gasteiger partial charge in [-0.3, -0.25) is 4.79 Å². The predicted octanol–water partition coefficient (Wildman–Crippen LogP) is -1.10. The number of benzene rings is 2. The van der Waals surface area contributed by atoms with Gasteiger partial charge in [-0.15, -0.1) is 0 Å². The van der Waals surface area contributed by atoms with Crippen LogP contribution in [0.3, 0.4) is 0 Å². The minimum absolute atomic E-state index is 0.0145. The highest BCUT2D eigenvalue weighted by molar-refractivity contribution is 5.86. The molecule has 2 aliphatic rings. The highest BCUT2D eigenvalue weighted by Gasteiger charge is 2.47. The lowest BCUT2D eigenvalue weighted by Gasteiger charge is -2.42. The maximum atomic E-state index is 12.7. The molecule has 222 valence electrons. The fourth-order valence-electron chi connectivity index (χ4n) is 4.71. The Hall–Kier alpha value is -3.31. The van der Waals surface area contributed by atoms with E-state index in [2.05, 4.69) is 0 Å². The molecule has 2 saturated heterocycles. The Morgan fingerprint density at radius 1 is 0.780 bits per heavy atom. The summed E-state index contributed by atoms with van der Waals surface area (Å²) in [7, 11) is 0. The van der Waals surface area contributed by atoms with Gasteiger partial charge in [0.2, 0.25) is 6.29 Å². The van der Waals surface area contributed by atoms with Crippen LogP contribution < -0.4 is 10.2 Å². The lowest BCUT2D eigenvalue weighted by Crippen LogP contribution is -2.61. The summed E-state index contributed by atoms with van der Waals surface area (Å²) in [5, 5.41) is 81.2. The number of ether oxygens (including phenoxy) is 4. The second kappa shape index (κ2) is 11.5. The van der Waals surface area contributed by atoms with Crippen molar-refractivity contribution in [2.75, 3.05) is 6.61 Å². The molecule has 5 rings (SSSR count). The number of hydrogen-bond acceptors (Lipinski definition) is 14. The Kier molecular flexibility index (Phi) is 8.20. The van der Waals surface area contributed by atoms with Gasteiger partial charge in [0, 0.05) is 23.8 Å². The molecule has 0 radical (unpaired) electrons. The van der Waals surface area contributed by atoms with Crippen molar-refractivity contribution in [1.29, 1.82) is 0 Å². The Labute approximate surface area is 231 Å². The van der Waals surface area contributed by atoms with Gasteiger partial charge >= 0.3 is 0 Å². The van der Waals surface area contributed by atoms with Crippen LogP contribution in [0.5, 0.6) is 17.2 Å². The molecule has 2 aliphatic heterocycles. The summed E-state index contributed by atoms with van der Waals surface area (Å²) < 4.78 is 27.9. The first-order valence-electron chi connectivity index (χ1n) is 12.7. The summed E-state index contributed by atoms with van der Waals surface area (Å²) in [6.07, 6.45) is -14.9. The topological polar surface area (TPSA) is 229 Å². The van der Waals surface area contributed by atoms with Crippen LogP contribution in [-0.2, 0) is 14.2 Å². The van der Waals surface area contributed by atoms with Crippen molar-refractivity contribution in [3.05, 3.63) is 52.7 Å². The average molecular weight is 579 g/mol. The summed E-state index contributed by atoms with van der Waals surface area (Å²) in [5.41, 5.74) is -0.149. The van der Waals surface area contributed by atoms with Crippen molar-refractivity contribution < 1.29 is 64.2 Å². The molecule has 3 aromatic rings. The van der Waals surface area contributed by atoms with Crippen molar-refractivity contribution in [2.45, 2.75) is 68.3 Å². The molecule has 0 amide bonds. The normalized spacial score (nSPS) is 34.0. The molecule has 14 heteroatoms. The van der Waals surface area contributed by atoms with E-state index in [1.165, 1.54) is 43.3 Å². The van der Waals surface area contributed by atoms with Crippen LogP contribution in [0.2, 0.25) is 0 Å². The molecular formula is C27H30O14. The second-order valence-electron chi connectivity index (χ2n) is 9.98. The largest absolute Gasteiger partial charge is 0.508 e. The van der Waals surface area contributed by atoms with E-state index < -0.39 is 79.2 Å². The zero-order valence-corrected chi connectivity index (χ0v) is 21.5. The van der Waals surface area contributed by atoms with Crippen molar-refractivity contribution >= 4 is 11.0 Å². The van der Waals surface area contributed by atoms with E-state index >= 15 is 0 Å². The molecule has 0 spiro atoms. The van der Waals surface area contributed by atoms with Gasteiger partial charge in [-0.25, -0.2) is 0 Å². The third-order valence-electron chi connectivity index (χ3n) is 7.09. The van der Waals surface area contributed by atoms with E-state index in [-0.39, 0.29) is 28.2 Å². The Bertz CT molecular complexity index is 1420. The first-order valence-corrected chi connectivity index (χ1v) is 12.7. The number of aliphatic hydroxyl groups is 6. The molecule has 0 saturated carbocycles. The van der Waals surface area contributed by atoms with Gasteiger partial charge in [0.25, 0.3) is 0 Å². The summed E-state index contributed by atoms with van der Waals surface area (Å²) >= 11 is 0. The van der Waals surface area contributed by atoms with Crippen LogP contribution in [0.4, 0.5) is 0 Å². The number of hydrogen-bond donors (Lipinski definition) is 8. The Balaban J connectivity index is 1.35. The van der Waals surface area contributed by atoms with E-state index in [4.69, 9.17) is 23.4 Å². The van der Waals surface area contributed by atoms with Gasteiger partial charge in [0.05, 0.1) is 12.7 Å². The van der Waals surface area contributed by atoms with E-state index in [1.54, 1.807) is 0 Å². The minimum Gasteiger partial charge on any atom is -0.508 e. The molecule has 8 N–H and O–H groups in total. The number of aliphatic hydroxyl groups excluding tert-OH is 6. The third-order valence-corrected chi connectivity index (χ3v) is 7.09. The van der Waals surface area contributed by atoms with Crippen LogP contribution in [0.15, 0.2) is 51.7 Å². The zero-order chi connectivity index (χ0) is 29.6. The fourth-order valence-corrected chi connectivity index (χ4v) is 4.71. The molecule has 14 nitrogen and oxygen atoms in total. The molecule has 2 aromatic carbocycles. The summed E-state index contributed by atoms with van der Waals surface area (Å²) in [5.74, 6) is -0.457. The van der Waals surface area contributed by atoms with Crippen LogP contribution in [0.25, 0.3) is 22.3 Å². The Morgan fingerprint density at radius 3 is 2.15 bits per heavy atom. The predicted molar refractivity (Wildman–Crippen MR) is 137 cm³/mol. The number of fused-ring (bicyclic) bond motifs is 1. The van der Waals surface area contributed by atoms with Crippen LogP contribution in [0, 0.1) is 0 Å². The van der Waals surface area contributed by atoms with Gasteiger partial charge in [-0.2, -0.15) is 0 Å². The monoisotopic (exact) mass is 578 g/mol. The van der Waals surface area contributed by atoms with Gasteiger partial charge < -0.3 is 64.2 Å². The highest BCUT2D eigenvalue weighted by Crippen LogP contribution is 2.34. The molecule has 1 aromatic heterocycles. The van der Waals surface area contributed by atoms with E-state index in [0.29, 0.717) is 5.56 Å². The van der Waals surface area contributed by atoms with Gasteiger partial charge in [-0.05, 0) is 31.2 Å². The van der Waals surface area contributed by atoms with Crippen molar-refractivity contribution in [1.82, 2.24) is 0 Å². The number of rotatable bonds is 6. The highest BCUT2D eigenvalue weighted by atomic mass is 16.7. The first-order chi connectivity index (χ1) is 19.4. The van der Waals surface area contributed by atoms with Crippen LogP contribution >= 0.6 is 0 Å². The number of phenolic OH excluding ortho intramolecular Hbond substituents is 2. The van der Waals surface area contributed by atoms with Gasteiger partial charge in [0.1, 0.15) is 76.7 Å². The lowest BCUT2D eigenvalue weighted by molar-refractivity contribution is -0.318. The fraction of sp³-hybridized carbons (Fsp3) is 0.444. The van der Waals surface area contributed by atoms with Crippen LogP contribution in [-0.4, -0.2) is 109 Å². The van der Waals surface area contributed by atoms with Crippen molar-refractivity contribution in [2.24, 2.45) is 0 Å². The molecule has 0 bridgehead atoms. The number of aromatic hydroxyl groups is 2. The van der Waals surface area contributed by atoms with Crippen molar-refractivity contribution in [3.63, 3.8) is 0 Å². The van der Waals surface area contributed by atoms with Gasteiger partial charge in [-0.1, -0.05) is 0 Å². The first kappa shape index (κ1) is 29.2. The minimum atomic E-state index is -1.76. The molecule has 2 fully saturated rings. The molecule has 6 unspecified atom stereocenters. The molecule has 41 heavy (non-hydrogen) atoms. The Morgan fingerprint density at radius 2 is 1.44 bits per heavy atom. The molecule has 3 heterocycles. The van der Waals surface area contributed by atoms with Crippen LogP contribution in [0.1, 0.15) is 6.92 Å². The molecule has 0 aliphatic carbocycles. The second-order valence-corrected chi connectivity index (χ2v) is 9.98. The SMILES string of the molecule is CC1O[C@@H](OCC2O[C@@H](Oc3cc(O)c4c(=O)cc(-c5ccc(O)cc5)oc4c3)C(O)C(O)[C@@H]2O)C(O)C(O)[C@H]1O. The van der Waals surface area contributed by atoms with E-state index in [1.807, 2.05) is 0 Å². The summed E-state index contributed by atoms with van der Waals surface area (Å²) in [4.78, 5) is 12.7. The maximum absolute atomic E-state index is 12.7. The molecule has 10 atom stereocenters. The van der Waals surface area contributed by atoms with E-state index in [0.717, 1.165) is 6.07 Å². The quantitative estimate of drug-likeness (QED) is 0.174. The average Bonchev–Trinajstić information content (AvgIpc) is 2.94. The van der Waals surface area contributed by atoms with Gasteiger partial charge in [0.15, 0.2) is 11.7 Å². The number of phenols is 2. The lowest BCUT2D eigenvalue weighted by atomic mass is 9.98.